The fraction of sp³-hybridized carbons (Fsp3) is 0. The summed E-state index contributed by atoms with van der Waals surface area (Å²) in [6.45, 7) is 0. The third-order valence-corrected chi connectivity index (χ3v) is 11.7. The highest BCUT2D eigenvalue weighted by molar-refractivity contribution is 6.06. The van der Waals surface area contributed by atoms with Gasteiger partial charge in [-0.1, -0.05) is 182 Å². The standard InChI is InChI=1S/C58H39NO/c1-2-13-40(14-3-1)41-27-29-42(30-28-41)43-31-34-49(35-32-43)59(56-25-8-6-22-53(56)48-33-36-55-54-23-7-9-26-57(54)60-58(55)39-48)50-20-11-18-46(38-50)45-17-10-19-47(37-45)52-24-12-16-44-15-4-5-21-51(44)52/h1-39H. The Morgan fingerprint density at radius 3 is 1.60 bits per heavy atom. The van der Waals surface area contributed by atoms with E-state index in [2.05, 4.69) is 229 Å². The Morgan fingerprint density at radius 1 is 0.267 bits per heavy atom. The molecule has 0 spiro atoms. The fourth-order valence-electron chi connectivity index (χ4n) is 8.69. The minimum Gasteiger partial charge on any atom is -0.456 e. The number of hydrogen-bond acceptors (Lipinski definition) is 2. The molecular weight excluding hydrogens is 727 g/mol. The Kier molecular flexibility index (Phi) is 8.87. The Balaban J connectivity index is 1.02. The molecule has 0 atom stereocenters. The zero-order valence-corrected chi connectivity index (χ0v) is 32.9. The molecular formula is C58H39NO. The van der Waals surface area contributed by atoms with Crippen LogP contribution >= 0.6 is 0 Å². The molecule has 2 nitrogen and oxygen atoms in total. The van der Waals surface area contributed by atoms with Gasteiger partial charge >= 0.3 is 0 Å². The van der Waals surface area contributed by atoms with Gasteiger partial charge in [-0.3, -0.25) is 0 Å². The number of fused-ring (bicyclic) bond motifs is 4. The van der Waals surface area contributed by atoms with Crippen molar-refractivity contribution in [2.24, 2.45) is 0 Å². The van der Waals surface area contributed by atoms with Gasteiger partial charge in [-0.25, -0.2) is 0 Å². The van der Waals surface area contributed by atoms with Gasteiger partial charge in [0.2, 0.25) is 0 Å². The Morgan fingerprint density at radius 2 is 0.783 bits per heavy atom. The van der Waals surface area contributed by atoms with Crippen LogP contribution in [-0.4, -0.2) is 0 Å². The molecule has 0 N–H and O–H groups in total. The Labute approximate surface area is 349 Å². The SMILES string of the molecule is c1ccc(-c2ccc(-c3ccc(N(c4cccc(-c5cccc(-c6cccc7ccccc67)c5)c4)c4ccccc4-c4ccc5c(c4)oc4ccccc45)cc3)cc2)cc1. The molecule has 1 heterocycles. The zero-order chi connectivity index (χ0) is 39.8. The van der Waals surface area contributed by atoms with Crippen molar-refractivity contribution in [3.05, 3.63) is 237 Å². The summed E-state index contributed by atoms with van der Waals surface area (Å²) in [6.07, 6.45) is 0. The molecule has 0 bridgehead atoms. The zero-order valence-electron chi connectivity index (χ0n) is 32.9. The molecule has 0 radical (unpaired) electrons. The molecule has 0 saturated heterocycles. The summed E-state index contributed by atoms with van der Waals surface area (Å²) in [7, 11) is 0. The smallest absolute Gasteiger partial charge is 0.136 e. The van der Waals surface area contributed by atoms with Gasteiger partial charge in [-0.15, -0.1) is 0 Å². The summed E-state index contributed by atoms with van der Waals surface area (Å²) in [4.78, 5) is 2.39. The van der Waals surface area contributed by atoms with E-state index in [-0.39, 0.29) is 0 Å². The second-order valence-corrected chi connectivity index (χ2v) is 15.3. The van der Waals surface area contributed by atoms with Crippen LogP contribution in [0.5, 0.6) is 0 Å². The number of para-hydroxylation sites is 2. The number of benzene rings is 10. The van der Waals surface area contributed by atoms with Crippen LogP contribution in [0.2, 0.25) is 0 Å². The summed E-state index contributed by atoms with van der Waals surface area (Å²) in [5.41, 5.74) is 16.7. The van der Waals surface area contributed by atoms with E-state index in [1.54, 1.807) is 0 Å². The van der Waals surface area contributed by atoms with E-state index in [4.69, 9.17) is 4.42 Å². The Hall–Kier alpha value is -7.94. The van der Waals surface area contributed by atoms with Crippen molar-refractivity contribution >= 4 is 49.8 Å². The fourth-order valence-corrected chi connectivity index (χ4v) is 8.69. The van der Waals surface area contributed by atoms with Crippen LogP contribution in [0.15, 0.2) is 241 Å². The lowest BCUT2D eigenvalue weighted by molar-refractivity contribution is 0.669. The molecule has 0 aliphatic carbocycles. The van der Waals surface area contributed by atoms with Crippen LogP contribution in [0.25, 0.3) is 88.3 Å². The highest BCUT2D eigenvalue weighted by atomic mass is 16.3. The number of hydrogen-bond donors (Lipinski definition) is 0. The molecule has 0 fully saturated rings. The van der Waals surface area contributed by atoms with Gasteiger partial charge in [0.15, 0.2) is 0 Å². The first kappa shape index (κ1) is 35.2. The van der Waals surface area contributed by atoms with Gasteiger partial charge in [0.1, 0.15) is 11.2 Å². The van der Waals surface area contributed by atoms with Crippen molar-refractivity contribution in [3.63, 3.8) is 0 Å². The predicted octanol–water partition coefficient (Wildman–Crippen LogP) is 16.5. The van der Waals surface area contributed by atoms with Crippen molar-refractivity contribution < 1.29 is 4.42 Å². The van der Waals surface area contributed by atoms with Gasteiger partial charge in [0.25, 0.3) is 0 Å². The summed E-state index contributed by atoms with van der Waals surface area (Å²) in [6, 6.07) is 84.9. The molecule has 2 heteroatoms. The molecule has 11 aromatic rings. The lowest BCUT2D eigenvalue weighted by Crippen LogP contribution is -2.11. The average Bonchev–Trinajstić information content (AvgIpc) is 3.70. The molecule has 1 aromatic heterocycles. The van der Waals surface area contributed by atoms with E-state index in [9.17, 15) is 0 Å². The van der Waals surface area contributed by atoms with Gasteiger partial charge in [-0.05, 0) is 115 Å². The molecule has 0 aliphatic rings. The third-order valence-electron chi connectivity index (χ3n) is 11.7. The van der Waals surface area contributed by atoms with Gasteiger partial charge in [0, 0.05) is 27.7 Å². The van der Waals surface area contributed by atoms with E-state index in [0.29, 0.717) is 0 Å². The number of nitrogens with zero attached hydrogens (tertiary/aromatic N) is 1. The maximum absolute atomic E-state index is 6.39. The quantitative estimate of drug-likeness (QED) is 0.153. The normalized spacial score (nSPS) is 11.3. The first-order valence-electron chi connectivity index (χ1n) is 20.5. The van der Waals surface area contributed by atoms with Crippen LogP contribution in [-0.2, 0) is 0 Å². The molecule has 10 aromatic carbocycles. The Bertz CT molecular complexity index is 3300. The average molecular weight is 766 g/mol. The van der Waals surface area contributed by atoms with Crippen LogP contribution in [0.4, 0.5) is 17.1 Å². The van der Waals surface area contributed by atoms with Crippen LogP contribution in [0.1, 0.15) is 0 Å². The minimum absolute atomic E-state index is 0.880. The first-order chi connectivity index (χ1) is 29.7. The van der Waals surface area contributed by atoms with Crippen LogP contribution < -0.4 is 4.90 Å². The highest BCUT2D eigenvalue weighted by Gasteiger charge is 2.19. The van der Waals surface area contributed by atoms with Crippen LogP contribution in [0, 0.1) is 0 Å². The minimum atomic E-state index is 0.880. The van der Waals surface area contributed by atoms with Crippen molar-refractivity contribution in [2.45, 2.75) is 0 Å². The largest absolute Gasteiger partial charge is 0.456 e. The first-order valence-corrected chi connectivity index (χ1v) is 20.5. The molecule has 0 aliphatic heterocycles. The van der Waals surface area contributed by atoms with Gasteiger partial charge in [-0.2, -0.15) is 0 Å². The molecule has 282 valence electrons. The summed E-state index contributed by atoms with van der Waals surface area (Å²) in [5, 5.41) is 4.75. The van der Waals surface area contributed by atoms with E-state index in [1.807, 2.05) is 12.1 Å². The molecule has 11 rings (SSSR count). The van der Waals surface area contributed by atoms with Gasteiger partial charge < -0.3 is 9.32 Å². The van der Waals surface area contributed by atoms with Gasteiger partial charge in [0.05, 0.1) is 5.69 Å². The van der Waals surface area contributed by atoms with Crippen molar-refractivity contribution in [1.82, 2.24) is 0 Å². The van der Waals surface area contributed by atoms with E-state index < -0.39 is 0 Å². The van der Waals surface area contributed by atoms with E-state index in [0.717, 1.165) is 55.7 Å². The predicted molar refractivity (Wildman–Crippen MR) is 253 cm³/mol. The molecule has 0 saturated carbocycles. The number of furan rings is 1. The van der Waals surface area contributed by atoms with Crippen LogP contribution in [0.3, 0.4) is 0 Å². The second kappa shape index (κ2) is 15.1. The molecule has 0 unspecified atom stereocenters. The maximum atomic E-state index is 6.39. The molecule has 0 amide bonds. The third kappa shape index (κ3) is 6.51. The maximum Gasteiger partial charge on any atom is 0.136 e. The summed E-state index contributed by atoms with van der Waals surface area (Å²) >= 11 is 0. The monoisotopic (exact) mass is 765 g/mol. The lowest BCUT2D eigenvalue weighted by Gasteiger charge is -2.28. The highest BCUT2D eigenvalue weighted by Crippen LogP contribution is 2.44. The lowest BCUT2D eigenvalue weighted by atomic mass is 9.95. The summed E-state index contributed by atoms with van der Waals surface area (Å²) in [5.74, 6) is 0. The molecule has 60 heavy (non-hydrogen) atoms. The topological polar surface area (TPSA) is 16.4 Å². The van der Waals surface area contributed by atoms with E-state index >= 15 is 0 Å². The second-order valence-electron chi connectivity index (χ2n) is 15.3. The van der Waals surface area contributed by atoms with Crippen molar-refractivity contribution in [3.8, 4) is 55.6 Å². The summed E-state index contributed by atoms with van der Waals surface area (Å²) < 4.78 is 6.39. The van der Waals surface area contributed by atoms with Crippen molar-refractivity contribution in [1.29, 1.82) is 0 Å². The number of anilines is 3. The van der Waals surface area contributed by atoms with E-state index in [1.165, 1.54) is 49.7 Å². The van der Waals surface area contributed by atoms with Crippen molar-refractivity contribution in [2.75, 3.05) is 4.90 Å². The number of rotatable bonds is 8.